The van der Waals surface area contributed by atoms with Gasteiger partial charge in [0.1, 0.15) is 0 Å². The first kappa shape index (κ1) is 31.2. The lowest BCUT2D eigenvalue weighted by molar-refractivity contribution is 0.0969. The maximum absolute atomic E-state index is 13.9. The first-order valence-electron chi connectivity index (χ1n) is 13.2. The zero-order valence-electron chi connectivity index (χ0n) is 24.1. The van der Waals surface area contributed by atoms with Crippen molar-refractivity contribution in [1.29, 1.82) is 0 Å². The van der Waals surface area contributed by atoms with Gasteiger partial charge in [0, 0.05) is 38.3 Å². The van der Waals surface area contributed by atoms with Crippen LogP contribution >= 0.6 is 0 Å². The number of hydrogen-bond acceptors (Lipinski definition) is 10. The normalized spacial score (nSPS) is 16.0. The zero-order chi connectivity index (χ0) is 31.1. The number of ketones is 1. The van der Waals surface area contributed by atoms with Crippen LogP contribution in [0.25, 0.3) is 11.2 Å². The number of piperidine rings is 1. The fraction of sp³-hybridized carbons (Fsp3) is 0.462. The second kappa shape index (κ2) is 11.5. The average Bonchev–Trinajstić information content (AvgIpc) is 3.27. The molecule has 3 aromatic rings. The van der Waals surface area contributed by atoms with Crippen molar-refractivity contribution in [2.75, 3.05) is 34.2 Å². The number of sulfonamides is 2. The van der Waals surface area contributed by atoms with Crippen LogP contribution in [0.3, 0.4) is 0 Å². The van der Waals surface area contributed by atoms with Gasteiger partial charge >= 0.3 is 5.69 Å². The number of anilines is 2. The molecule has 228 valence electrons. The van der Waals surface area contributed by atoms with Crippen molar-refractivity contribution in [3.8, 4) is 0 Å². The van der Waals surface area contributed by atoms with Gasteiger partial charge in [0.2, 0.25) is 26.0 Å². The Hall–Kier alpha value is -3.76. The number of nitrogens with two attached hydrogens (primary N) is 1. The molecule has 1 aliphatic heterocycles. The molecule has 0 saturated carbocycles. The number of allylic oxidation sites excluding steroid dienone is 2. The minimum absolute atomic E-state index is 0.0768. The summed E-state index contributed by atoms with van der Waals surface area (Å²) in [6.07, 6.45) is 5.00. The number of hydrogen-bond donors (Lipinski definition) is 1. The van der Waals surface area contributed by atoms with Crippen LogP contribution in [0.15, 0.2) is 45.5 Å². The molecule has 1 aliphatic rings. The monoisotopic (exact) mass is 621 g/mol. The predicted molar refractivity (Wildman–Crippen MR) is 161 cm³/mol. The Labute approximate surface area is 243 Å². The number of fused-ring (bicyclic) bond motifs is 1. The molecule has 4 rings (SSSR count). The Morgan fingerprint density at radius 2 is 1.74 bits per heavy atom. The van der Waals surface area contributed by atoms with Gasteiger partial charge in [-0.1, -0.05) is 23.8 Å². The third-order valence-electron chi connectivity index (χ3n) is 6.94. The van der Waals surface area contributed by atoms with Crippen LogP contribution < -0.4 is 25.6 Å². The summed E-state index contributed by atoms with van der Waals surface area (Å²) < 4.78 is 53.4. The minimum Gasteiger partial charge on any atom is -0.341 e. The van der Waals surface area contributed by atoms with Gasteiger partial charge in [-0.15, -0.1) is 0 Å². The summed E-state index contributed by atoms with van der Waals surface area (Å²) in [6.45, 7) is 4.53. The molecular weight excluding hydrogens is 586 g/mol. The number of imidazole rings is 1. The molecule has 0 radical (unpaired) electrons. The van der Waals surface area contributed by atoms with Crippen molar-refractivity contribution in [2.24, 2.45) is 12.8 Å². The summed E-state index contributed by atoms with van der Waals surface area (Å²) in [5, 5.41) is 0. The van der Waals surface area contributed by atoms with Crippen LogP contribution in [-0.4, -0.2) is 72.9 Å². The topological polar surface area (TPSA) is 180 Å². The van der Waals surface area contributed by atoms with Crippen LogP contribution in [0.5, 0.6) is 0 Å². The predicted octanol–water partition coefficient (Wildman–Crippen LogP) is 0.399. The first-order valence-corrected chi connectivity index (χ1v) is 16.9. The van der Waals surface area contributed by atoms with E-state index in [0.29, 0.717) is 31.5 Å². The van der Waals surface area contributed by atoms with Crippen molar-refractivity contribution < 1.29 is 21.6 Å². The SMILES string of the molecule is CC(C)=CCn1c(N2CCCC(N)C2)nc2c1c(=O)n(CC(=O)c1ccccc1N(S(C)(=O)=O)S(C)(=O)=O)c(=O)n2C. The second-order valence-electron chi connectivity index (χ2n) is 10.7. The lowest BCUT2D eigenvalue weighted by Gasteiger charge is -2.31. The molecule has 0 amide bonds. The molecule has 0 aliphatic carbocycles. The molecule has 2 N–H and O–H groups in total. The van der Waals surface area contributed by atoms with Crippen LogP contribution in [0.2, 0.25) is 0 Å². The Morgan fingerprint density at radius 3 is 2.33 bits per heavy atom. The Morgan fingerprint density at radius 1 is 1.10 bits per heavy atom. The van der Waals surface area contributed by atoms with Gasteiger partial charge in [-0.25, -0.2) is 21.6 Å². The maximum atomic E-state index is 13.9. The minimum atomic E-state index is -4.36. The Kier molecular flexibility index (Phi) is 8.53. The summed E-state index contributed by atoms with van der Waals surface area (Å²) in [6, 6.07) is 5.14. The molecule has 1 fully saturated rings. The van der Waals surface area contributed by atoms with Crippen LogP contribution in [0.1, 0.15) is 37.0 Å². The highest BCUT2D eigenvalue weighted by molar-refractivity contribution is 8.09. The largest absolute Gasteiger partial charge is 0.341 e. The number of carbonyl (C=O) groups excluding carboxylic acids is 1. The first-order chi connectivity index (χ1) is 19.5. The van der Waals surface area contributed by atoms with E-state index in [2.05, 4.69) is 4.98 Å². The van der Waals surface area contributed by atoms with E-state index in [-0.39, 0.29) is 33.0 Å². The van der Waals surface area contributed by atoms with E-state index in [9.17, 15) is 31.2 Å². The maximum Gasteiger partial charge on any atom is 0.332 e. The van der Waals surface area contributed by atoms with E-state index in [1.165, 1.54) is 35.9 Å². The van der Waals surface area contributed by atoms with Gasteiger partial charge in [-0.05, 0) is 38.8 Å². The summed E-state index contributed by atoms with van der Waals surface area (Å²) in [5.74, 6) is -0.352. The van der Waals surface area contributed by atoms with Crippen molar-refractivity contribution in [3.63, 3.8) is 0 Å². The number of rotatable bonds is 9. The molecular formula is C26H35N7O7S2. The highest BCUT2D eigenvalue weighted by Gasteiger charge is 2.32. The van der Waals surface area contributed by atoms with E-state index in [1.807, 2.05) is 24.8 Å². The van der Waals surface area contributed by atoms with Crippen LogP contribution in [0, 0.1) is 0 Å². The number of nitrogens with zero attached hydrogens (tertiary/aromatic N) is 6. The zero-order valence-corrected chi connectivity index (χ0v) is 25.8. The summed E-state index contributed by atoms with van der Waals surface area (Å²) in [7, 11) is -7.28. The molecule has 1 aromatic carbocycles. The number of Topliss-reactive ketones (excluding diaryl/α,β-unsaturated/α-hetero) is 1. The highest BCUT2D eigenvalue weighted by atomic mass is 32.3. The van der Waals surface area contributed by atoms with Crippen LogP contribution in [-0.2, 0) is 40.2 Å². The fourth-order valence-electron chi connectivity index (χ4n) is 5.08. The number of carbonyl (C=O) groups is 1. The molecule has 14 nitrogen and oxygen atoms in total. The molecule has 3 heterocycles. The Balaban J connectivity index is 1.90. The van der Waals surface area contributed by atoms with Gasteiger partial charge in [0.15, 0.2) is 16.9 Å². The van der Waals surface area contributed by atoms with Gasteiger partial charge < -0.3 is 15.2 Å². The number of benzene rings is 1. The van der Waals surface area contributed by atoms with Gasteiger partial charge in [0.05, 0.1) is 24.7 Å². The van der Waals surface area contributed by atoms with Crippen molar-refractivity contribution in [1.82, 2.24) is 18.7 Å². The summed E-state index contributed by atoms with van der Waals surface area (Å²) >= 11 is 0. The molecule has 2 aromatic heterocycles. The van der Waals surface area contributed by atoms with Crippen molar-refractivity contribution >= 4 is 48.6 Å². The van der Waals surface area contributed by atoms with Crippen LogP contribution in [0.4, 0.5) is 11.6 Å². The van der Waals surface area contributed by atoms with E-state index in [4.69, 9.17) is 5.73 Å². The lowest BCUT2D eigenvalue weighted by Crippen LogP contribution is -2.44. The quantitative estimate of drug-likeness (QED) is 0.260. The third kappa shape index (κ3) is 6.05. The van der Waals surface area contributed by atoms with E-state index in [1.54, 1.807) is 4.57 Å². The van der Waals surface area contributed by atoms with E-state index >= 15 is 0 Å². The molecule has 1 unspecified atom stereocenters. The molecule has 0 spiro atoms. The molecule has 0 bridgehead atoms. The molecule has 1 atom stereocenters. The third-order valence-corrected chi connectivity index (χ3v) is 10.2. The van der Waals surface area contributed by atoms with Gasteiger partial charge in [-0.3, -0.25) is 18.7 Å². The van der Waals surface area contributed by atoms with E-state index in [0.717, 1.165) is 23.0 Å². The number of aryl methyl sites for hydroxylation is 1. The summed E-state index contributed by atoms with van der Waals surface area (Å²) in [5.41, 5.74) is 5.19. The number of para-hydroxylation sites is 1. The van der Waals surface area contributed by atoms with Crippen molar-refractivity contribution in [2.45, 2.75) is 45.8 Å². The fourth-order valence-corrected chi connectivity index (χ4v) is 8.08. The van der Waals surface area contributed by atoms with Crippen molar-refractivity contribution in [3.05, 3.63) is 62.3 Å². The van der Waals surface area contributed by atoms with Gasteiger partial charge in [-0.2, -0.15) is 8.69 Å². The second-order valence-corrected chi connectivity index (χ2v) is 14.6. The Bertz CT molecular complexity index is 1890. The number of aromatic nitrogens is 4. The standard InChI is InChI=1S/C26H35N7O7S2/c1-17(2)12-14-31-22-23(28-25(31)30-13-8-9-18(27)15-30)29(3)26(36)32(24(22)35)16-21(34)19-10-6-7-11-20(19)33(41(4,37)38)42(5,39)40/h6-7,10-12,18H,8-9,13-16,27H2,1-5H3. The molecule has 42 heavy (non-hydrogen) atoms. The highest BCUT2D eigenvalue weighted by Crippen LogP contribution is 2.27. The van der Waals surface area contributed by atoms with E-state index < -0.39 is 49.3 Å². The summed E-state index contributed by atoms with van der Waals surface area (Å²) in [4.78, 5) is 47.5. The lowest BCUT2D eigenvalue weighted by atomic mass is 10.1. The smallest absolute Gasteiger partial charge is 0.332 e. The van der Waals surface area contributed by atoms with Gasteiger partial charge in [0.25, 0.3) is 5.56 Å². The molecule has 16 heteroatoms. The average molecular weight is 622 g/mol. The molecule has 1 saturated heterocycles.